The Morgan fingerprint density at radius 1 is 1.30 bits per heavy atom. The normalized spacial score (nSPS) is 11.7. The van der Waals surface area contributed by atoms with Crippen LogP contribution < -0.4 is 5.32 Å². The lowest BCUT2D eigenvalue weighted by molar-refractivity contribution is -0.139. The summed E-state index contributed by atoms with van der Waals surface area (Å²) in [6, 6.07) is 9.73. The number of rotatable bonds is 7. The molecule has 1 atom stereocenters. The second kappa shape index (κ2) is 8.43. The zero-order chi connectivity index (χ0) is 16.7. The summed E-state index contributed by atoms with van der Waals surface area (Å²) in [6.07, 6.45) is 1.80. The molecule has 5 nitrogen and oxygen atoms in total. The summed E-state index contributed by atoms with van der Waals surface area (Å²) in [5, 5.41) is 5.11. The third kappa shape index (κ3) is 4.89. The maximum absolute atomic E-state index is 12.6. The molecule has 0 saturated carbocycles. The van der Waals surface area contributed by atoms with Crippen LogP contribution >= 0.6 is 11.3 Å². The summed E-state index contributed by atoms with van der Waals surface area (Å²) < 4.78 is 4.61. The fraction of sp³-hybridized carbons (Fsp3) is 0.353. The molecule has 1 heterocycles. The van der Waals surface area contributed by atoms with Crippen molar-refractivity contribution in [2.75, 3.05) is 12.4 Å². The fourth-order valence-electron chi connectivity index (χ4n) is 2.28. The van der Waals surface area contributed by atoms with Gasteiger partial charge in [-0.15, -0.1) is 11.3 Å². The van der Waals surface area contributed by atoms with Crippen molar-refractivity contribution in [2.24, 2.45) is 0 Å². The van der Waals surface area contributed by atoms with Crippen molar-refractivity contribution >= 4 is 28.3 Å². The summed E-state index contributed by atoms with van der Waals surface area (Å²) in [6.45, 7) is 2.06. The van der Waals surface area contributed by atoms with Gasteiger partial charge in [0, 0.05) is 5.38 Å². The minimum absolute atomic E-state index is 0.0722. The first-order valence-electron chi connectivity index (χ1n) is 7.51. The number of nitrogens with zero attached hydrogens (tertiary/aromatic N) is 1. The average molecular weight is 332 g/mol. The highest BCUT2D eigenvalue weighted by molar-refractivity contribution is 7.13. The van der Waals surface area contributed by atoms with E-state index in [-0.39, 0.29) is 24.2 Å². The molecule has 0 spiro atoms. The molecule has 6 heteroatoms. The lowest BCUT2D eigenvalue weighted by Crippen LogP contribution is -2.21. The number of amides is 1. The van der Waals surface area contributed by atoms with Crippen molar-refractivity contribution in [1.82, 2.24) is 4.98 Å². The highest BCUT2D eigenvalue weighted by Gasteiger charge is 2.20. The molecule has 1 aromatic heterocycles. The lowest BCUT2D eigenvalue weighted by Gasteiger charge is -2.15. The van der Waals surface area contributed by atoms with Crippen molar-refractivity contribution in [2.45, 2.75) is 32.1 Å². The zero-order valence-corrected chi connectivity index (χ0v) is 14.1. The molecule has 1 N–H and O–H groups in total. The van der Waals surface area contributed by atoms with Crippen molar-refractivity contribution < 1.29 is 14.3 Å². The number of thiazole rings is 1. The van der Waals surface area contributed by atoms with Gasteiger partial charge in [-0.3, -0.25) is 9.59 Å². The van der Waals surface area contributed by atoms with E-state index in [2.05, 4.69) is 22.0 Å². The molecule has 0 aliphatic heterocycles. The number of benzene rings is 1. The van der Waals surface area contributed by atoms with Crippen LogP contribution in [0, 0.1) is 0 Å². The monoisotopic (exact) mass is 332 g/mol. The molecule has 0 radical (unpaired) electrons. The highest BCUT2D eigenvalue weighted by atomic mass is 32.1. The van der Waals surface area contributed by atoms with Gasteiger partial charge >= 0.3 is 5.97 Å². The Labute approximate surface area is 139 Å². The average Bonchev–Trinajstić information content (AvgIpc) is 3.00. The van der Waals surface area contributed by atoms with Crippen molar-refractivity contribution in [3.05, 3.63) is 47.0 Å². The van der Waals surface area contributed by atoms with E-state index >= 15 is 0 Å². The van der Waals surface area contributed by atoms with Gasteiger partial charge in [-0.1, -0.05) is 43.7 Å². The van der Waals surface area contributed by atoms with Gasteiger partial charge in [0.05, 0.1) is 25.1 Å². The van der Waals surface area contributed by atoms with E-state index in [1.807, 2.05) is 30.3 Å². The molecule has 0 bridgehead atoms. The molecular weight excluding hydrogens is 312 g/mol. The van der Waals surface area contributed by atoms with Gasteiger partial charge in [0.15, 0.2) is 5.13 Å². The Kier molecular flexibility index (Phi) is 6.29. The molecule has 0 aliphatic rings. The number of carbonyl (C=O) groups is 2. The maximum atomic E-state index is 12.6. The maximum Gasteiger partial charge on any atom is 0.311 e. The van der Waals surface area contributed by atoms with Crippen LogP contribution in [0.4, 0.5) is 5.13 Å². The number of ether oxygens (including phenoxy) is 1. The number of aromatic nitrogens is 1. The summed E-state index contributed by atoms with van der Waals surface area (Å²) in [4.78, 5) is 28.1. The van der Waals surface area contributed by atoms with E-state index < -0.39 is 0 Å². The van der Waals surface area contributed by atoms with E-state index in [4.69, 9.17) is 0 Å². The predicted molar refractivity (Wildman–Crippen MR) is 90.6 cm³/mol. The van der Waals surface area contributed by atoms with E-state index in [0.29, 0.717) is 10.8 Å². The summed E-state index contributed by atoms with van der Waals surface area (Å²) in [5.74, 6) is -0.618. The van der Waals surface area contributed by atoms with Crippen LogP contribution in [-0.2, 0) is 20.7 Å². The van der Waals surface area contributed by atoms with Gasteiger partial charge in [-0.05, 0) is 12.0 Å². The molecule has 122 valence electrons. The van der Waals surface area contributed by atoms with E-state index in [1.54, 1.807) is 5.38 Å². The third-order valence-electron chi connectivity index (χ3n) is 3.43. The lowest BCUT2D eigenvalue weighted by atomic mass is 9.94. The van der Waals surface area contributed by atoms with Gasteiger partial charge in [-0.2, -0.15) is 0 Å². The number of carbonyl (C=O) groups excluding carboxylic acids is 2. The molecule has 0 aliphatic carbocycles. The second-order valence-electron chi connectivity index (χ2n) is 5.14. The van der Waals surface area contributed by atoms with Crippen LogP contribution in [0.25, 0.3) is 0 Å². The van der Waals surface area contributed by atoms with Gasteiger partial charge in [0.2, 0.25) is 5.91 Å². The first kappa shape index (κ1) is 17.1. The van der Waals surface area contributed by atoms with Crippen LogP contribution in [-0.4, -0.2) is 24.0 Å². The molecule has 23 heavy (non-hydrogen) atoms. The minimum Gasteiger partial charge on any atom is -0.469 e. The van der Waals surface area contributed by atoms with Crippen LogP contribution in [0.2, 0.25) is 0 Å². The van der Waals surface area contributed by atoms with E-state index in [0.717, 1.165) is 18.4 Å². The Morgan fingerprint density at radius 3 is 2.70 bits per heavy atom. The van der Waals surface area contributed by atoms with E-state index in [9.17, 15) is 9.59 Å². The molecule has 2 rings (SSSR count). The number of nitrogens with one attached hydrogen (secondary N) is 1. The van der Waals surface area contributed by atoms with Crippen molar-refractivity contribution in [3.63, 3.8) is 0 Å². The van der Waals surface area contributed by atoms with Crippen LogP contribution in [0.1, 0.15) is 36.9 Å². The Balaban J connectivity index is 2.05. The quantitative estimate of drug-likeness (QED) is 0.789. The predicted octanol–water partition coefficient (Wildman–Crippen LogP) is 3.38. The minimum atomic E-state index is -0.346. The number of hydrogen-bond acceptors (Lipinski definition) is 5. The molecule has 1 aromatic carbocycles. The summed E-state index contributed by atoms with van der Waals surface area (Å²) >= 11 is 1.31. The first-order chi connectivity index (χ1) is 11.1. The van der Waals surface area contributed by atoms with Gasteiger partial charge in [0.1, 0.15) is 0 Å². The van der Waals surface area contributed by atoms with Gasteiger partial charge in [0.25, 0.3) is 0 Å². The number of hydrogen-bond donors (Lipinski definition) is 1. The zero-order valence-electron chi connectivity index (χ0n) is 13.2. The summed E-state index contributed by atoms with van der Waals surface area (Å²) in [5.41, 5.74) is 1.60. The van der Waals surface area contributed by atoms with E-state index in [1.165, 1.54) is 18.4 Å². The third-order valence-corrected chi connectivity index (χ3v) is 4.24. The van der Waals surface area contributed by atoms with Crippen LogP contribution in [0.15, 0.2) is 35.7 Å². The standard InChI is InChI=1S/C17H20N2O3S/c1-3-7-14(12-8-5-4-6-9-12)16(21)19-17-18-13(11-23-17)10-15(20)22-2/h4-6,8-9,11,14H,3,7,10H2,1-2H3,(H,18,19,21). The number of methoxy groups -OCH3 is 1. The molecule has 1 unspecified atom stereocenters. The summed E-state index contributed by atoms with van der Waals surface area (Å²) in [7, 11) is 1.34. The largest absolute Gasteiger partial charge is 0.469 e. The molecular formula is C17H20N2O3S. The number of anilines is 1. The number of esters is 1. The second-order valence-corrected chi connectivity index (χ2v) is 6.00. The molecule has 0 saturated heterocycles. The highest BCUT2D eigenvalue weighted by Crippen LogP contribution is 2.24. The fourth-order valence-corrected chi connectivity index (χ4v) is 2.99. The molecule has 0 fully saturated rings. The first-order valence-corrected chi connectivity index (χ1v) is 8.39. The van der Waals surface area contributed by atoms with Crippen LogP contribution in [0.5, 0.6) is 0 Å². The Bertz CT molecular complexity index is 655. The Morgan fingerprint density at radius 2 is 2.04 bits per heavy atom. The van der Waals surface area contributed by atoms with Crippen LogP contribution in [0.3, 0.4) is 0 Å². The molecule has 2 aromatic rings. The SMILES string of the molecule is CCCC(C(=O)Nc1nc(CC(=O)OC)cs1)c1ccccc1. The molecule has 1 amide bonds. The van der Waals surface area contributed by atoms with Gasteiger partial charge < -0.3 is 10.1 Å². The Hall–Kier alpha value is -2.21. The van der Waals surface area contributed by atoms with Crippen molar-refractivity contribution in [3.8, 4) is 0 Å². The van der Waals surface area contributed by atoms with Gasteiger partial charge in [-0.25, -0.2) is 4.98 Å². The topological polar surface area (TPSA) is 68.3 Å². The smallest absolute Gasteiger partial charge is 0.311 e. The van der Waals surface area contributed by atoms with Crippen molar-refractivity contribution in [1.29, 1.82) is 0 Å².